The molecule has 6 nitrogen and oxygen atoms in total. The Bertz CT molecular complexity index is 1570. The molecule has 0 saturated heterocycles. The van der Waals surface area contributed by atoms with E-state index in [2.05, 4.69) is 10.3 Å². The van der Waals surface area contributed by atoms with Gasteiger partial charge in [-0.25, -0.2) is 0 Å². The highest BCUT2D eigenvalue weighted by Crippen LogP contribution is 2.20. The number of benzene rings is 2. The fourth-order valence-electron chi connectivity index (χ4n) is 3.37. The van der Waals surface area contributed by atoms with Crippen molar-refractivity contribution >= 4 is 40.5 Å². The molecule has 34 heavy (non-hydrogen) atoms. The van der Waals surface area contributed by atoms with Crippen LogP contribution in [-0.4, -0.2) is 15.5 Å². The van der Waals surface area contributed by atoms with Crippen molar-refractivity contribution in [1.29, 1.82) is 5.26 Å². The molecule has 2 aromatic carbocycles. The number of aromatic nitrogens is 2. The molecule has 0 spiro atoms. The zero-order valence-electron chi connectivity index (χ0n) is 18.2. The summed E-state index contributed by atoms with van der Waals surface area (Å²) in [4.78, 5) is 30.8. The van der Waals surface area contributed by atoms with Crippen molar-refractivity contribution in [3.05, 3.63) is 114 Å². The van der Waals surface area contributed by atoms with Crippen LogP contribution in [0.4, 0.5) is 0 Å². The molecule has 0 radical (unpaired) electrons. The number of nitrogens with one attached hydrogen (secondary N) is 1. The summed E-state index contributed by atoms with van der Waals surface area (Å²) >= 11 is 7.38. The second kappa shape index (κ2) is 10.3. The summed E-state index contributed by atoms with van der Waals surface area (Å²) < 4.78 is 1.95. The maximum absolute atomic E-state index is 13.5. The summed E-state index contributed by atoms with van der Waals surface area (Å²) in [5.41, 5.74) is 2.14. The van der Waals surface area contributed by atoms with E-state index in [0.717, 1.165) is 16.9 Å². The monoisotopic (exact) mass is 486 g/mol. The summed E-state index contributed by atoms with van der Waals surface area (Å²) in [6.45, 7) is 2.04. The molecule has 168 valence electrons. The van der Waals surface area contributed by atoms with Gasteiger partial charge >= 0.3 is 0 Å². The van der Waals surface area contributed by atoms with E-state index < -0.39 is 5.91 Å². The van der Waals surface area contributed by atoms with Gasteiger partial charge in [-0.05, 0) is 48.4 Å². The lowest BCUT2D eigenvalue weighted by molar-refractivity contribution is -0.115. The van der Waals surface area contributed by atoms with Gasteiger partial charge in [0.05, 0.1) is 15.9 Å². The van der Waals surface area contributed by atoms with E-state index in [-0.39, 0.29) is 22.3 Å². The molecule has 4 rings (SSSR count). The van der Waals surface area contributed by atoms with E-state index in [0.29, 0.717) is 26.5 Å². The predicted molar refractivity (Wildman–Crippen MR) is 134 cm³/mol. The van der Waals surface area contributed by atoms with Gasteiger partial charge in [0.25, 0.3) is 11.5 Å². The summed E-state index contributed by atoms with van der Waals surface area (Å²) in [5, 5.41) is 13.2. The molecule has 1 amide bonds. The van der Waals surface area contributed by atoms with Gasteiger partial charge in [-0.1, -0.05) is 54.1 Å². The minimum Gasteiger partial charge on any atom is -0.347 e. The minimum atomic E-state index is -0.564. The topological polar surface area (TPSA) is 87.8 Å². The van der Waals surface area contributed by atoms with Crippen LogP contribution in [0, 0.1) is 18.3 Å². The molecule has 2 heterocycles. The molecular weight excluding hydrogens is 468 g/mol. The van der Waals surface area contributed by atoms with Crippen LogP contribution in [0.15, 0.2) is 77.7 Å². The molecule has 4 aromatic rings. The van der Waals surface area contributed by atoms with Gasteiger partial charge in [0.2, 0.25) is 0 Å². The summed E-state index contributed by atoms with van der Waals surface area (Å²) in [7, 11) is 0. The quantitative estimate of drug-likeness (QED) is 0.469. The SMILES string of the molecule is Cc1c(Cl)cccc1-n1c(=C(C#N)C(=O)NCc2ccccc2)sc(=Cc2ccccn2)c1=O. The number of nitriles is 1. The first-order chi connectivity index (χ1) is 16.5. The second-order valence-electron chi connectivity index (χ2n) is 7.35. The average molecular weight is 487 g/mol. The maximum Gasteiger partial charge on any atom is 0.273 e. The first-order valence-corrected chi connectivity index (χ1v) is 11.6. The van der Waals surface area contributed by atoms with Crippen molar-refractivity contribution in [2.45, 2.75) is 13.5 Å². The molecule has 0 aliphatic rings. The number of carbonyl (C=O) groups is 1. The predicted octanol–water partition coefficient (Wildman–Crippen LogP) is 3.08. The van der Waals surface area contributed by atoms with Crippen LogP contribution in [0.2, 0.25) is 5.02 Å². The first-order valence-electron chi connectivity index (χ1n) is 10.4. The molecule has 0 aliphatic carbocycles. The third-order valence-corrected chi connectivity index (χ3v) is 6.62. The summed E-state index contributed by atoms with van der Waals surface area (Å²) in [6, 6.07) is 21.9. The van der Waals surface area contributed by atoms with Gasteiger partial charge in [0, 0.05) is 17.8 Å². The molecule has 0 atom stereocenters. The van der Waals surface area contributed by atoms with Crippen molar-refractivity contribution in [3.8, 4) is 11.8 Å². The van der Waals surface area contributed by atoms with Crippen LogP contribution < -0.4 is 20.1 Å². The van der Waals surface area contributed by atoms with E-state index in [4.69, 9.17) is 11.6 Å². The van der Waals surface area contributed by atoms with Crippen LogP contribution in [0.3, 0.4) is 0 Å². The maximum atomic E-state index is 13.5. The Kier molecular flexibility index (Phi) is 7.02. The lowest BCUT2D eigenvalue weighted by Gasteiger charge is -2.09. The third-order valence-electron chi connectivity index (χ3n) is 5.12. The molecule has 0 fully saturated rings. The number of halogens is 1. The largest absolute Gasteiger partial charge is 0.347 e. The lowest BCUT2D eigenvalue weighted by Crippen LogP contribution is -2.34. The first kappa shape index (κ1) is 23.2. The van der Waals surface area contributed by atoms with Gasteiger partial charge in [0.1, 0.15) is 10.7 Å². The Morgan fingerprint density at radius 1 is 1.15 bits per heavy atom. The number of thiazole rings is 1. The Morgan fingerprint density at radius 2 is 1.91 bits per heavy atom. The number of hydrogen-bond donors (Lipinski definition) is 1. The Balaban J connectivity index is 1.93. The third kappa shape index (κ3) is 4.84. The molecule has 2 aromatic heterocycles. The number of rotatable bonds is 5. The van der Waals surface area contributed by atoms with Crippen LogP contribution in [-0.2, 0) is 11.3 Å². The van der Waals surface area contributed by atoms with Gasteiger partial charge in [0.15, 0.2) is 5.57 Å². The van der Waals surface area contributed by atoms with Crippen molar-refractivity contribution in [3.63, 3.8) is 0 Å². The zero-order valence-corrected chi connectivity index (χ0v) is 19.7. The minimum absolute atomic E-state index is 0.155. The Morgan fingerprint density at radius 3 is 2.62 bits per heavy atom. The van der Waals surface area contributed by atoms with E-state index in [1.54, 1.807) is 49.5 Å². The number of pyridine rings is 1. The van der Waals surface area contributed by atoms with Crippen molar-refractivity contribution in [2.24, 2.45) is 0 Å². The van der Waals surface area contributed by atoms with E-state index in [9.17, 15) is 14.9 Å². The molecule has 0 unspecified atom stereocenters. The lowest BCUT2D eigenvalue weighted by atomic mass is 10.2. The van der Waals surface area contributed by atoms with E-state index in [1.807, 2.05) is 42.5 Å². The highest BCUT2D eigenvalue weighted by molar-refractivity contribution is 7.07. The number of carbonyl (C=O) groups excluding carboxylic acids is 1. The standard InChI is InChI=1S/C26H19ClN4O2S/c1-17-21(27)11-7-12-22(17)31-25(33)23(14-19-10-5-6-13-29-19)34-26(31)20(15-28)24(32)30-16-18-8-3-2-4-9-18/h2-14H,16H2,1H3,(H,30,32). The molecule has 8 heteroatoms. The van der Waals surface area contributed by atoms with Gasteiger partial charge in [-0.2, -0.15) is 5.26 Å². The van der Waals surface area contributed by atoms with Crippen LogP contribution >= 0.6 is 22.9 Å². The van der Waals surface area contributed by atoms with Crippen LogP contribution in [0.5, 0.6) is 0 Å². The molecule has 0 saturated carbocycles. The Labute approximate surface area is 204 Å². The van der Waals surface area contributed by atoms with Crippen molar-refractivity contribution < 1.29 is 4.79 Å². The van der Waals surface area contributed by atoms with Crippen LogP contribution in [0.25, 0.3) is 17.3 Å². The van der Waals surface area contributed by atoms with Crippen LogP contribution in [0.1, 0.15) is 16.8 Å². The van der Waals surface area contributed by atoms with E-state index in [1.165, 1.54) is 4.57 Å². The highest BCUT2D eigenvalue weighted by atomic mass is 35.5. The van der Waals surface area contributed by atoms with E-state index >= 15 is 0 Å². The highest BCUT2D eigenvalue weighted by Gasteiger charge is 2.18. The fourth-order valence-corrected chi connectivity index (χ4v) is 4.61. The molecule has 0 bridgehead atoms. The van der Waals surface area contributed by atoms with Crippen molar-refractivity contribution in [2.75, 3.05) is 0 Å². The smallest absolute Gasteiger partial charge is 0.273 e. The fraction of sp³-hybridized carbons (Fsp3) is 0.0769. The van der Waals surface area contributed by atoms with Gasteiger partial charge < -0.3 is 5.32 Å². The zero-order chi connectivity index (χ0) is 24.1. The Hall–Kier alpha value is -3.99. The number of hydrogen-bond acceptors (Lipinski definition) is 5. The van der Waals surface area contributed by atoms with Gasteiger partial charge in [-0.3, -0.25) is 19.1 Å². The van der Waals surface area contributed by atoms with Gasteiger partial charge in [-0.15, -0.1) is 11.3 Å². The number of nitrogens with zero attached hydrogens (tertiary/aromatic N) is 3. The van der Waals surface area contributed by atoms with Crippen molar-refractivity contribution in [1.82, 2.24) is 14.9 Å². The summed E-state index contributed by atoms with van der Waals surface area (Å²) in [5.74, 6) is -0.564. The summed E-state index contributed by atoms with van der Waals surface area (Å²) in [6.07, 6.45) is 3.27. The molecule has 0 aliphatic heterocycles. The number of amides is 1. The normalized spacial score (nSPS) is 12.2. The average Bonchev–Trinajstić information content (AvgIpc) is 3.16. The molecule has 1 N–H and O–H groups in total. The second-order valence-corrected chi connectivity index (χ2v) is 8.79. The molecular formula is C26H19ClN4O2S.